The number of ether oxygens (including phenoxy) is 2. The van der Waals surface area contributed by atoms with Crippen molar-refractivity contribution in [3.63, 3.8) is 0 Å². The third kappa shape index (κ3) is 6.87. The fourth-order valence-corrected chi connectivity index (χ4v) is 4.08. The van der Waals surface area contributed by atoms with Crippen molar-refractivity contribution in [2.24, 2.45) is 0 Å². The van der Waals surface area contributed by atoms with Gasteiger partial charge in [0.25, 0.3) is 11.8 Å². The minimum absolute atomic E-state index is 0.116. The van der Waals surface area contributed by atoms with E-state index in [0.29, 0.717) is 33.8 Å². The van der Waals surface area contributed by atoms with Crippen molar-refractivity contribution in [2.75, 3.05) is 24.9 Å². The largest absolute Gasteiger partial charge is 0.497 e. The van der Waals surface area contributed by atoms with Crippen molar-refractivity contribution in [1.29, 1.82) is 0 Å². The molecule has 0 saturated heterocycles. The molecule has 41 heavy (non-hydrogen) atoms. The van der Waals surface area contributed by atoms with E-state index < -0.39 is 23.8 Å². The molecule has 4 N–H and O–H groups in total. The summed E-state index contributed by atoms with van der Waals surface area (Å²) in [4.78, 5) is 49.3. The van der Waals surface area contributed by atoms with Gasteiger partial charge in [0.1, 0.15) is 11.5 Å². The Morgan fingerprint density at radius 3 is 1.27 bits per heavy atom. The fourth-order valence-electron chi connectivity index (χ4n) is 4.08. The molecule has 4 rings (SSSR count). The quantitative estimate of drug-likeness (QED) is 0.209. The third-order valence-corrected chi connectivity index (χ3v) is 6.24. The second-order valence-electron chi connectivity index (χ2n) is 8.91. The minimum atomic E-state index is -1.24. The Balaban J connectivity index is 1.52. The molecule has 0 spiro atoms. The van der Waals surface area contributed by atoms with Gasteiger partial charge in [-0.05, 0) is 90.3 Å². The highest BCUT2D eigenvalue weighted by Gasteiger charge is 2.17. The molecule has 0 radical (unpaired) electrons. The van der Waals surface area contributed by atoms with Crippen LogP contribution in [0.2, 0.25) is 0 Å². The first-order chi connectivity index (χ1) is 19.7. The summed E-state index contributed by atoms with van der Waals surface area (Å²) in [6, 6.07) is 21.9. The van der Waals surface area contributed by atoms with Gasteiger partial charge in [-0.25, -0.2) is 9.59 Å². The minimum Gasteiger partial charge on any atom is -0.497 e. The molecule has 10 nitrogen and oxygen atoms in total. The Hall–Kier alpha value is -5.64. The van der Waals surface area contributed by atoms with Crippen molar-refractivity contribution in [1.82, 2.24) is 0 Å². The molecule has 2 amide bonds. The zero-order chi connectivity index (χ0) is 29.5. The molecule has 0 bridgehead atoms. The Morgan fingerprint density at radius 2 is 0.951 bits per heavy atom. The molecule has 4 aromatic carbocycles. The summed E-state index contributed by atoms with van der Waals surface area (Å²) >= 11 is 0. The second-order valence-corrected chi connectivity index (χ2v) is 8.91. The highest BCUT2D eigenvalue weighted by molar-refractivity contribution is 6.08. The number of carbonyl (C=O) groups excluding carboxylic acids is 2. The van der Waals surface area contributed by atoms with E-state index in [9.17, 15) is 29.4 Å². The average Bonchev–Trinajstić information content (AvgIpc) is 2.98. The standard InChI is InChI=1S/C31H26N2O8/c1-40-22-9-5-20(6-10-22)28(34)32-26-13-3-18(16-24(26)30(36)37)15-19-4-14-27(25(17-19)31(38)39)33-29(35)21-7-11-23(41-2)12-8-21/h3-14,16-17H,15H2,1-2H3,(H,32,34)(H,33,35)(H,36,37)(H,38,39). The molecule has 0 heterocycles. The fraction of sp³-hybridized carbons (Fsp3) is 0.0968. The SMILES string of the molecule is COc1ccc(C(=O)Nc2ccc(Cc3ccc(NC(=O)c4ccc(OC)cc4)c(C(=O)O)c3)cc2C(=O)O)cc1. The van der Waals surface area contributed by atoms with E-state index in [1.165, 1.54) is 38.5 Å². The molecule has 0 aliphatic rings. The lowest BCUT2D eigenvalue weighted by Gasteiger charge is -2.13. The van der Waals surface area contributed by atoms with Gasteiger partial charge in [0.15, 0.2) is 0 Å². The number of anilines is 2. The zero-order valence-corrected chi connectivity index (χ0v) is 22.1. The van der Waals surface area contributed by atoms with E-state index in [1.54, 1.807) is 60.7 Å². The van der Waals surface area contributed by atoms with Gasteiger partial charge in [0.05, 0.1) is 36.7 Å². The Labute approximate surface area is 235 Å². The zero-order valence-electron chi connectivity index (χ0n) is 22.1. The third-order valence-electron chi connectivity index (χ3n) is 6.24. The van der Waals surface area contributed by atoms with Crippen LogP contribution in [0.1, 0.15) is 52.6 Å². The number of hydrogen-bond acceptors (Lipinski definition) is 6. The van der Waals surface area contributed by atoms with Crippen molar-refractivity contribution in [3.8, 4) is 11.5 Å². The Bertz CT molecular complexity index is 1490. The molecule has 0 saturated carbocycles. The first kappa shape index (κ1) is 28.4. The first-order valence-electron chi connectivity index (χ1n) is 12.3. The van der Waals surface area contributed by atoms with E-state index in [0.717, 1.165) is 0 Å². The van der Waals surface area contributed by atoms with Crippen LogP contribution >= 0.6 is 0 Å². The molecule has 10 heteroatoms. The molecular weight excluding hydrogens is 528 g/mol. The summed E-state index contributed by atoms with van der Waals surface area (Å²) in [5.74, 6) is -2.28. The van der Waals surface area contributed by atoms with E-state index in [4.69, 9.17) is 9.47 Å². The van der Waals surface area contributed by atoms with Gasteiger partial charge in [0, 0.05) is 11.1 Å². The normalized spacial score (nSPS) is 10.4. The van der Waals surface area contributed by atoms with Gasteiger partial charge >= 0.3 is 11.9 Å². The van der Waals surface area contributed by atoms with Crippen molar-refractivity contribution in [3.05, 3.63) is 118 Å². The summed E-state index contributed by atoms with van der Waals surface area (Å²) in [6.07, 6.45) is 0.208. The number of carbonyl (C=O) groups is 4. The smallest absolute Gasteiger partial charge is 0.337 e. The highest BCUT2D eigenvalue weighted by Crippen LogP contribution is 2.24. The number of amides is 2. The maximum absolute atomic E-state index is 12.7. The monoisotopic (exact) mass is 554 g/mol. The summed E-state index contributed by atoms with van der Waals surface area (Å²) in [5, 5.41) is 24.8. The number of nitrogens with one attached hydrogen (secondary N) is 2. The number of carboxylic acids is 2. The lowest BCUT2D eigenvalue weighted by molar-refractivity contribution is 0.0687. The van der Waals surface area contributed by atoms with Gasteiger partial charge in [0.2, 0.25) is 0 Å². The van der Waals surface area contributed by atoms with E-state index >= 15 is 0 Å². The van der Waals surface area contributed by atoms with Crippen LogP contribution < -0.4 is 20.1 Å². The lowest BCUT2D eigenvalue weighted by Crippen LogP contribution is -2.15. The maximum Gasteiger partial charge on any atom is 0.337 e. The summed E-state index contributed by atoms with van der Waals surface area (Å²) in [5.41, 5.74) is 1.80. The van der Waals surface area contributed by atoms with E-state index in [-0.39, 0.29) is 28.9 Å². The van der Waals surface area contributed by atoms with Crippen molar-refractivity contribution in [2.45, 2.75) is 6.42 Å². The van der Waals surface area contributed by atoms with Gasteiger partial charge in [-0.1, -0.05) is 12.1 Å². The number of benzene rings is 4. The van der Waals surface area contributed by atoms with Crippen LogP contribution in [0.4, 0.5) is 11.4 Å². The summed E-state index contributed by atoms with van der Waals surface area (Å²) in [6.45, 7) is 0. The number of carboxylic acid groups (broad SMARTS) is 2. The summed E-state index contributed by atoms with van der Waals surface area (Å²) in [7, 11) is 3.02. The van der Waals surface area contributed by atoms with Crippen LogP contribution in [0.15, 0.2) is 84.9 Å². The number of hydrogen-bond donors (Lipinski definition) is 4. The van der Waals surface area contributed by atoms with Crippen LogP contribution in [0.5, 0.6) is 11.5 Å². The highest BCUT2D eigenvalue weighted by atomic mass is 16.5. The molecule has 0 fully saturated rings. The van der Waals surface area contributed by atoms with Crippen LogP contribution in [0, 0.1) is 0 Å². The van der Waals surface area contributed by atoms with Gasteiger partial charge in [-0.3, -0.25) is 9.59 Å². The first-order valence-corrected chi connectivity index (χ1v) is 12.3. The lowest BCUT2D eigenvalue weighted by atomic mass is 9.99. The van der Waals surface area contributed by atoms with Crippen molar-refractivity contribution >= 4 is 35.1 Å². The number of rotatable bonds is 10. The number of methoxy groups -OCH3 is 2. The van der Waals surface area contributed by atoms with E-state index in [1.807, 2.05) is 0 Å². The molecule has 0 atom stereocenters. The maximum atomic E-state index is 12.7. The molecule has 4 aromatic rings. The summed E-state index contributed by atoms with van der Waals surface area (Å²) < 4.78 is 10.2. The molecule has 0 unspecified atom stereocenters. The molecule has 208 valence electrons. The van der Waals surface area contributed by atoms with Gasteiger partial charge in [-0.15, -0.1) is 0 Å². The molecule has 0 aromatic heterocycles. The average molecular weight is 555 g/mol. The predicted molar refractivity (Wildman–Crippen MR) is 152 cm³/mol. The molecular formula is C31H26N2O8. The van der Waals surface area contributed by atoms with Gasteiger partial charge < -0.3 is 30.3 Å². The molecule has 0 aliphatic heterocycles. The Kier molecular flexibility index (Phi) is 8.63. The second kappa shape index (κ2) is 12.5. The van der Waals surface area contributed by atoms with Gasteiger partial charge in [-0.2, -0.15) is 0 Å². The topological polar surface area (TPSA) is 151 Å². The van der Waals surface area contributed by atoms with Crippen LogP contribution in [0.3, 0.4) is 0 Å². The Morgan fingerprint density at radius 1 is 0.585 bits per heavy atom. The van der Waals surface area contributed by atoms with Crippen LogP contribution in [0.25, 0.3) is 0 Å². The van der Waals surface area contributed by atoms with E-state index in [2.05, 4.69) is 10.6 Å². The predicted octanol–water partition coefficient (Wildman–Crippen LogP) is 5.20. The van der Waals surface area contributed by atoms with Crippen LogP contribution in [-0.4, -0.2) is 48.2 Å². The number of aromatic carboxylic acids is 2. The van der Waals surface area contributed by atoms with Crippen LogP contribution in [-0.2, 0) is 6.42 Å². The van der Waals surface area contributed by atoms with Crippen molar-refractivity contribution < 1.29 is 38.9 Å². The molecule has 0 aliphatic carbocycles.